The van der Waals surface area contributed by atoms with E-state index in [1.54, 1.807) is 6.07 Å². The van der Waals surface area contributed by atoms with Gasteiger partial charge in [-0.15, -0.1) is 0 Å². The first-order valence-corrected chi connectivity index (χ1v) is 6.22. The van der Waals surface area contributed by atoms with Crippen molar-refractivity contribution in [3.05, 3.63) is 35.5 Å². The van der Waals surface area contributed by atoms with Crippen LogP contribution in [0.4, 0.5) is 8.78 Å². The summed E-state index contributed by atoms with van der Waals surface area (Å²) in [5.41, 5.74) is 0.927. The van der Waals surface area contributed by atoms with E-state index in [1.807, 2.05) is 0 Å². The fourth-order valence-corrected chi connectivity index (χ4v) is 2.40. The maximum absolute atomic E-state index is 14.0. The van der Waals surface area contributed by atoms with Crippen LogP contribution in [0.1, 0.15) is 30.7 Å². The van der Waals surface area contributed by atoms with Gasteiger partial charge in [-0.1, -0.05) is 11.6 Å². The number of carboxylic acid groups (broad SMARTS) is 1. The minimum absolute atomic E-state index is 0.0350. The standard InChI is InChI=1S/C14H15F2NO3/c1-20-12-3-2-10(8-17-12)11-6-9(7-13(18)19)4-5-14(11,15)16/h2-3,7-8,11H,4-6H2,1H3,(H,18,19). The second-order valence-corrected chi connectivity index (χ2v) is 4.79. The van der Waals surface area contributed by atoms with Gasteiger partial charge in [0.1, 0.15) is 0 Å². The van der Waals surface area contributed by atoms with E-state index in [9.17, 15) is 13.6 Å². The van der Waals surface area contributed by atoms with Crippen LogP contribution >= 0.6 is 0 Å². The molecule has 0 aliphatic heterocycles. The number of methoxy groups -OCH3 is 1. The molecule has 1 unspecified atom stereocenters. The molecule has 1 aliphatic carbocycles. The molecule has 1 aromatic rings. The van der Waals surface area contributed by atoms with Crippen LogP contribution in [-0.4, -0.2) is 29.1 Å². The average molecular weight is 283 g/mol. The molecule has 1 heterocycles. The Hall–Kier alpha value is -1.98. The van der Waals surface area contributed by atoms with Gasteiger partial charge in [0, 0.05) is 24.8 Å². The summed E-state index contributed by atoms with van der Waals surface area (Å²) in [5, 5.41) is 8.73. The van der Waals surface area contributed by atoms with Gasteiger partial charge in [-0.2, -0.15) is 0 Å². The summed E-state index contributed by atoms with van der Waals surface area (Å²) >= 11 is 0. The third-order valence-corrected chi connectivity index (χ3v) is 3.45. The molecule has 1 aromatic heterocycles. The third-order valence-electron chi connectivity index (χ3n) is 3.45. The summed E-state index contributed by atoms with van der Waals surface area (Å²) in [6.45, 7) is 0. The van der Waals surface area contributed by atoms with Gasteiger partial charge in [-0.3, -0.25) is 0 Å². The number of aromatic nitrogens is 1. The van der Waals surface area contributed by atoms with E-state index >= 15 is 0 Å². The molecule has 4 nitrogen and oxygen atoms in total. The Morgan fingerprint density at radius 2 is 2.30 bits per heavy atom. The predicted molar refractivity (Wildman–Crippen MR) is 68.0 cm³/mol. The summed E-state index contributed by atoms with van der Waals surface area (Å²) < 4.78 is 32.9. The molecule has 0 amide bonds. The van der Waals surface area contributed by atoms with Crippen LogP contribution in [0, 0.1) is 0 Å². The maximum atomic E-state index is 14.0. The molecule has 1 N–H and O–H groups in total. The Morgan fingerprint density at radius 3 is 2.85 bits per heavy atom. The second kappa shape index (κ2) is 5.56. The van der Waals surface area contributed by atoms with Crippen LogP contribution in [0.5, 0.6) is 5.88 Å². The highest BCUT2D eigenvalue weighted by Crippen LogP contribution is 2.46. The van der Waals surface area contributed by atoms with Gasteiger partial charge in [0.25, 0.3) is 5.92 Å². The molecular formula is C14H15F2NO3. The van der Waals surface area contributed by atoms with Crippen LogP contribution < -0.4 is 4.74 Å². The molecule has 0 radical (unpaired) electrons. The molecule has 0 bridgehead atoms. The third kappa shape index (κ3) is 3.12. The number of ether oxygens (including phenoxy) is 1. The average Bonchev–Trinajstić information content (AvgIpc) is 2.40. The van der Waals surface area contributed by atoms with Crippen molar-refractivity contribution in [2.75, 3.05) is 7.11 Å². The topological polar surface area (TPSA) is 59.4 Å². The molecule has 6 heteroatoms. The Labute approximate surface area is 115 Å². The number of nitrogens with zero attached hydrogens (tertiary/aromatic N) is 1. The first-order chi connectivity index (χ1) is 9.42. The molecule has 1 fully saturated rings. The van der Waals surface area contributed by atoms with Gasteiger partial charge in [0.05, 0.1) is 13.0 Å². The van der Waals surface area contributed by atoms with Gasteiger partial charge in [0.15, 0.2) is 0 Å². The highest BCUT2D eigenvalue weighted by molar-refractivity contribution is 5.80. The summed E-state index contributed by atoms with van der Waals surface area (Å²) in [6.07, 6.45) is 2.19. The van der Waals surface area contributed by atoms with Crippen molar-refractivity contribution in [1.29, 1.82) is 0 Å². The summed E-state index contributed by atoms with van der Waals surface area (Å²) in [6, 6.07) is 3.08. The van der Waals surface area contributed by atoms with E-state index in [2.05, 4.69) is 4.98 Å². The molecule has 20 heavy (non-hydrogen) atoms. The fourth-order valence-electron chi connectivity index (χ4n) is 2.40. The molecule has 2 rings (SSSR count). The lowest BCUT2D eigenvalue weighted by Gasteiger charge is -2.32. The van der Waals surface area contributed by atoms with Crippen molar-refractivity contribution in [1.82, 2.24) is 4.98 Å². The van der Waals surface area contributed by atoms with Crippen molar-refractivity contribution < 1.29 is 23.4 Å². The zero-order chi connectivity index (χ0) is 14.8. The van der Waals surface area contributed by atoms with Gasteiger partial charge in [-0.25, -0.2) is 18.6 Å². The molecule has 0 aromatic carbocycles. The number of halogens is 2. The van der Waals surface area contributed by atoms with Crippen molar-refractivity contribution in [2.45, 2.75) is 31.1 Å². The van der Waals surface area contributed by atoms with Crippen LogP contribution in [-0.2, 0) is 4.79 Å². The second-order valence-electron chi connectivity index (χ2n) is 4.79. The highest BCUT2D eigenvalue weighted by Gasteiger charge is 2.43. The van der Waals surface area contributed by atoms with E-state index < -0.39 is 17.8 Å². The number of hydrogen-bond donors (Lipinski definition) is 1. The Balaban J connectivity index is 2.27. The lowest BCUT2D eigenvalue weighted by Crippen LogP contribution is -2.31. The molecule has 1 aliphatic rings. The maximum Gasteiger partial charge on any atom is 0.328 e. The molecule has 1 saturated carbocycles. The fraction of sp³-hybridized carbons (Fsp3) is 0.429. The SMILES string of the molecule is COc1ccc(C2CC(=CC(=O)O)CCC2(F)F)cn1. The summed E-state index contributed by atoms with van der Waals surface area (Å²) in [4.78, 5) is 14.6. The van der Waals surface area contributed by atoms with Crippen LogP contribution in [0.3, 0.4) is 0 Å². The minimum Gasteiger partial charge on any atom is -0.481 e. The molecular weight excluding hydrogens is 268 g/mol. The largest absolute Gasteiger partial charge is 0.481 e. The monoisotopic (exact) mass is 283 g/mol. The molecule has 108 valence electrons. The van der Waals surface area contributed by atoms with E-state index in [1.165, 1.54) is 19.4 Å². The number of aliphatic carboxylic acids is 1. The Morgan fingerprint density at radius 1 is 1.55 bits per heavy atom. The van der Waals surface area contributed by atoms with Crippen LogP contribution in [0.15, 0.2) is 30.0 Å². The highest BCUT2D eigenvalue weighted by atomic mass is 19.3. The number of rotatable bonds is 3. The zero-order valence-corrected chi connectivity index (χ0v) is 11.0. The van der Waals surface area contributed by atoms with Gasteiger partial charge >= 0.3 is 5.97 Å². The number of pyridine rings is 1. The Bertz CT molecular complexity index is 526. The lowest BCUT2D eigenvalue weighted by atomic mass is 9.78. The number of allylic oxidation sites excluding steroid dienone is 1. The van der Waals surface area contributed by atoms with Crippen molar-refractivity contribution in [3.63, 3.8) is 0 Å². The minimum atomic E-state index is -2.86. The summed E-state index contributed by atoms with van der Waals surface area (Å²) in [5.74, 6) is -4.64. The van der Waals surface area contributed by atoms with E-state index in [4.69, 9.17) is 9.84 Å². The molecule has 0 spiro atoms. The van der Waals surface area contributed by atoms with E-state index in [-0.39, 0.29) is 19.3 Å². The number of carboxylic acids is 1. The number of alkyl halides is 2. The quantitative estimate of drug-likeness (QED) is 0.866. The van der Waals surface area contributed by atoms with Crippen molar-refractivity contribution >= 4 is 5.97 Å². The van der Waals surface area contributed by atoms with Gasteiger partial charge in [0.2, 0.25) is 5.88 Å². The van der Waals surface area contributed by atoms with Gasteiger partial charge < -0.3 is 9.84 Å². The van der Waals surface area contributed by atoms with Crippen molar-refractivity contribution in [3.8, 4) is 5.88 Å². The number of carbonyl (C=O) groups is 1. The van der Waals surface area contributed by atoms with Crippen molar-refractivity contribution in [2.24, 2.45) is 0 Å². The summed E-state index contributed by atoms with van der Waals surface area (Å²) in [7, 11) is 1.45. The predicted octanol–water partition coefficient (Wildman–Crippen LogP) is 3.00. The normalized spacial score (nSPS) is 23.6. The van der Waals surface area contributed by atoms with E-state index in [0.717, 1.165) is 6.08 Å². The smallest absolute Gasteiger partial charge is 0.328 e. The van der Waals surface area contributed by atoms with Gasteiger partial charge in [-0.05, 0) is 18.4 Å². The molecule has 1 atom stereocenters. The zero-order valence-electron chi connectivity index (χ0n) is 11.0. The first kappa shape index (κ1) is 14.4. The van der Waals surface area contributed by atoms with E-state index in [0.29, 0.717) is 17.0 Å². The van der Waals surface area contributed by atoms with Crippen LogP contribution in [0.2, 0.25) is 0 Å². The Kier molecular flexibility index (Phi) is 4.01. The lowest BCUT2D eigenvalue weighted by molar-refractivity contribution is -0.131. The molecule has 0 saturated heterocycles. The number of hydrogen-bond acceptors (Lipinski definition) is 3. The van der Waals surface area contributed by atoms with Crippen LogP contribution in [0.25, 0.3) is 0 Å². The first-order valence-electron chi connectivity index (χ1n) is 6.22.